The quantitative estimate of drug-likeness (QED) is 0.849. The van der Waals surface area contributed by atoms with Gasteiger partial charge in [0.1, 0.15) is 17.3 Å². The predicted octanol–water partition coefficient (Wildman–Crippen LogP) is 4.65. The lowest BCUT2D eigenvalue weighted by atomic mass is 10.00. The lowest BCUT2D eigenvalue weighted by Gasteiger charge is -2.10. The Labute approximate surface area is 151 Å². The van der Waals surface area contributed by atoms with Gasteiger partial charge in [0.25, 0.3) is 0 Å². The summed E-state index contributed by atoms with van der Waals surface area (Å²) in [5, 5.41) is 9.22. The first kappa shape index (κ1) is 17.7. The lowest BCUT2D eigenvalue weighted by molar-refractivity contribution is -0.135. The Kier molecular flexibility index (Phi) is 4.80. The topological polar surface area (TPSA) is 55.8 Å². The van der Waals surface area contributed by atoms with Gasteiger partial charge in [-0.3, -0.25) is 4.79 Å². The number of methoxy groups -OCH3 is 2. The molecule has 1 aliphatic carbocycles. The van der Waals surface area contributed by atoms with Gasteiger partial charge >= 0.3 is 5.97 Å². The summed E-state index contributed by atoms with van der Waals surface area (Å²) in [6.07, 6.45) is 1.78. The number of ether oxygens (including phenoxy) is 2. The van der Waals surface area contributed by atoms with Gasteiger partial charge in [-0.2, -0.15) is 0 Å². The fraction of sp³-hybridized carbons (Fsp3) is 0.190. The molecule has 0 saturated heterocycles. The maximum absolute atomic E-state index is 13.7. The van der Waals surface area contributed by atoms with Crippen molar-refractivity contribution in [3.05, 3.63) is 64.5 Å². The van der Waals surface area contributed by atoms with E-state index < -0.39 is 5.97 Å². The number of hydrogen-bond donors (Lipinski definition) is 1. The van der Waals surface area contributed by atoms with E-state index in [0.29, 0.717) is 22.6 Å². The van der Waals surface area contributed by atoms with Crippen molar-refractivity contribution in [3.63, 3.8) is 0 Å². The molecule has 0 radical (unpaired) electrons. The molecule has 0 atom stereocenters. The van der Waals surface area contributed by atoms with Gasteiger partial charge < -0.3 is 14.6 Å². The number of carboxylic acids is 1. The van der Waals surface area contributed by atoms with E-state index in [0.717, 1.165) is 22.3 Å². The summed E-state index contributed by atoms with van der Waals surface area (Å²) in [5.41, 5.74) is 4.59. The number of fused-ring (bicyclic) bond motifs is 1. The highest BCUT2D eigenvalue weighted by Crippen LogP contribution is 2.44. The van der Waals surface area contributed by atoms with Gasteiger partial charge in [0.15, 0.2) is 0 Å². The molecule has 1 N–H and O–H groups in total. The first-order valence-corrected chi connectivity index (χ1v) is 8.10. The molecule has 0 unspecified atom stereocenters. The molecule has 2 aromatic rings. The highest BCUT2D eigenvalue weighted by molar-refractivity contribution is 6.07. The van der Waals surface area contributed by atoms with E-state index in [4.69, 9.17) is 9.47 Å². The zero-order valence-electron chi connectivity index (χ0n) is 14.8. The number of carboxylic acid groups (broad SMARTS) is 1. The molecular formula is C21H19FO4. The maximum Gasteiger partial charge on any atom is 0.307 e. The molecule has 4 nitrogen and oxygen atoms in total. The normalized spacial score (nSPS) is 14.5. The minimum absolute atomic E-state index is 0.153. The monoisotopic (exact) mass is 354 g/mol. The Morgan fingerprint density at radius 1 is 1.12 bits per heavy atom. The third-order valence-corrected chi connectivity index (χ3v) is 4.52. The minimum Gasteiger partial charge on any atom is -0.497 e. The Balaban J connectivity index is 2.17. The summed E-state index contributed by atoms with van der Waals surface area (Å²) < 4.78 is 24.4. The van der Waals surface area contributed by atoms with Gasteiger partial charge in [-0.15, -0.1) is 0 Å². The standard InChI is InChI=1S/C21H19FO4/c1-12-17(8-13-4-6-15(25-2)10-20(13)26-3)16-7-5-14(22)9-19(16)18(12)11-21(23)24/h4-10H,11H2,1-3H3,(H,23,24)/b17-8-. The van der Waals surface area contributed by atoms with Gasteiger partial charge in [0.05, 0.1) is 20.6 Å². The lowest BCUT2D eigenvalue weighted by Crippen LogP contribution is -1.97. The van der Waals surface area contributed by atoms with Crippen LogP contribution in [-0.4, -0.2) is 25.3 Å². The molecule has 0 amide bonds. The van der Waals surface area contributed by atoms with Crippen LogP contribution in [0.5, 0.6) is 11.5 Å². The van der Waals surface area contributed by atoms with Crippen LogP contribution < -0.4 is 9.47 Å². The second kappa shape index (κ2) is 7.04. The van der Waals surface area contributed by atoms with Crippen molar-refractivity contribution in [2.75, 3.05) is 14.2 Å². The van der Waals surface area contributed by atoms with Gasteiger partial charge in [-0.05, 0) is 65.1 Å². The number of halogens is 1. The second-order valence-electron chi connectivity index (χ2n) is 6.03. The van der Waals surface area contributed by atoms with Gasteiger partial charge in [0.2, 0.25) is 0 Å². The molecule has 2 aromatic carbocycles. The molecule has 3 rings (SSSR count). The average Bonchev–Trinajstić information content (AvgIpc) is 2.86. The SMILES string of the molecule is COc1ccc(/C=C2/C(C)=C(CC(=O)O)c3cc(F)ccc32)c(OC)c1. The number of allylic oxidation sites excluding steroid dienone is 2. The molecule has 0 spiro atoms. The largest absolute Gasteiger partial charge is 0.497 e. The molecule has 26 heavy (non-hydrogen) atoms. The summed E-state index contributed by atoms with van der Waals surface area (Å²) in [4.78, 5) is 11.3. The fourth-order valence-electron chi connectivity index (χ4n) is 3.23. The van der Waals surface area contributed by atoms with E-state index in [1.807, 2.05) is 25.1 Å². The Morgan fingerprint density at radius 2 is 1.88 bits per heavy atom. The molecule has 0 aromatic heterocycles. The van der Waals surface area contributed by atoms with E-state index in [1.54, 1.807) is 26.4 Å². The number of hydrogen-bond acceptors (Lipinski definition) is 3. The molecule has 0 bridgehead atoms. The van der Waals surface area contributed by atoms with E-state index in [-0.39, 0.29) is 12.2 Å². The van der Waals surface area contributed by atoms with Crippen molar-refractivity contribution in [3.8, 4) is 11.5 Å². The molecule has 134 valence electrons. The maximum atomic E-state index is 13.7. The average molecular weight is 354 g/mol. The molecule has 0 aliphatic heterocycles. The minimum atomic E-state index is -0.946. The van der Waals surface area contributed by atoms with Crippen LogP contribution in [0.4, 0.5) is 4.39 Å². The van der Waals surface area contributed by atoms with Crippen LogP contribution in [0.1, 0.15) is 30.0 Å². The van der Waals surface area contributed by atoms with Crippen molar-refractivity contribution in [1.82, 2.24) is 0 Å². The molecule has 5 heteroatoms. The molecule has 0 heterocycles. The van der Waals surface area contributed by atoms with Gasteiger partial charge in [-0.1, -0.05) is 6.07 Å². The van der Waals surface area contributed by atoms with Crippen LogP contribution in [0.25, 0.3) is 17.2 Å². The van der Waals surface area contributed by atoms with E-state index in [1.165, 1.54) is 12.1 Å². The van der Waals surface area contributed by atoms with Crippen molar-refractivity contribution >= 4 is 23.2 Å². The van der Waals surface area contributed by atoms with Crippen molar-refractivity contribution in [2.24, 2.45) is 0 Å². The van der Waals surface area contributed by atoms with E-state index >= 15 is 0 Å². The highest BCUT2D eigenvalue weighted by Gasteiger charge is 2.25. The van der Waals surface area contributed by atoms with Gasteiger partial charge in [-0.25, -0.2) is 4.39 Å². The zero-order chi connectivity index (χ0) is 18.8. The third kappa shape index (κ3) is 3.20. The van der Waals surface area contributed by atoms with E-state index in [2.05, 4.69) is 0 Å². The summed E-state index contributed by atoms with van der Waals surface area (Å²) in [6.45, 7) is 1.86. The second-order valence-corrected chi connectivity index (χ2v) is 6.03. The van der Waals surface area contributed by atoms with Crippen LogP contribution in [0.3, 0.4) is 0 Å². The van der Waals surface area contributed by atoms with Crippen LogP contribution in [0, 0.1) is 5.82 Å². The number of aliphatic carboxylic acids is 1. The fourth-order valence-corrected chi connectivity index (χ4v) is 3.23. The Morgan fingerprint density at radius 3 is 2.54 bits per heavy atom. The Hall–Kier alpha value is -3.08. The third-order valence-electron chi connectivity index (χ3n) is 4.52. The van der Waals surface area contributed by atoms with Crippen LogP contribution in [0.15, 0.2) is 42.0 Å². The summed E-state index contributed by atoms with van der Waals surface area (Å²) >= 11 is 0. The summed E-state index contributed by atoms with van der Waals surface area (Å²) in [5.74, 6) is -0.0164. The highest BCUT2D eigenvalue weighted by atomic mass is 19.1. The zero-order valence-corrected chi connectivity index (χ0v) is 14.8. The number of benzene rings is 2. The first-order valence-electron chi connectivity index (χ1n) is 8.10. The van der Waals surface area contributed by atoms with Crippen molar-refractivity contribution in [1.29, 1.82) is 0 Å². The van der Waals surface area contributed by atoms with Gasteiger partial charge in [0, 0.05) is 11.6 Å². The number of rotatable bonds is 5. The van der Waals surface area contributed by atoms with Crippen molar-refractivity contribution < 1.29 is 23.8 Å². The predicted molar refractivity (Wildman–Crippen MR) is 98.7 cm³/mol. The van der Waals surface area contributed by atoms with Crippen molar-refractivity contribution in [2.45, 2.75) is 13.3 Å². The molecule has 0 fully saturated rings. The summed E-state index contributed by atoms with van der Waals surface area (Å²) in [7, 11) is 3.16. The van der Waals surface area contributed by atoms with E-state index in [9.17, 15) is 14.3 Å². The smallest absolute Gasteiger partial charge is 0.307 e. The van der Waals surface area contributed by atoms with Crippen LogP contribution in [-0.2, 0) is 4.79 Å². The molecular weight excluding hydrogens is 335 g/mol. The molecule has 0 saturated carbocycles. The number of carbonyl (C=O) groups is 1. The van der Waals surface area contributed by atoms with Crippen LogP contribution >= 0.6 is 0 Å². The summed E-state index contributed by atoms with van der Waals surface area (Å²) in [6, 6.07) is 9.94. The first-order chi connectivity index (χ1) is 12.4. The Bertz CT molecular complexity index is 941. The molecule has 1 aliphatic rings. The van der Waals surface area contributed by atoms with Crippen LogP contribution in [0.2, 0.25) is 0 Å².